The summed E-state index contributed by atoms with van der Waals surface area (Å²) in [5.74, 6) is 0.747. The molecule has 0 saturated carbocycles. The van der Waals surface area contributed by atoms with E-state index < -0.39 is 0 Å². The number of hydrogen-bond donors (Lipinski definition) is 1. The van der Waals surface area contributed by atoms with Crippen LogP contribution in [0, 0.1) is 0 Å². The summed E-state index contributed by atoms with van der Waals surface area (Å²) in [7, 11) is 0. The Morgan fingerprint density at radius 3 is 2.43 bits per heavy atom. The lowest BCUT2D eigenvalue weighted by molar-refractivity contribution is 0.319. The quantitative estimate of drug-likeness (QED) is 0.785. The van der Waals surface area contributed by atoms with Crippen LogP contribution in [0.25, 0.3) is 10.8 Å². The SMILES string of the molecule is CCOc1cc2ccccc2cc1O. The highest BCUT2D eigenvalue weighted by molar-refractivity contribution is 5.85. The molecular formula is C12H12O2. The fourth-order valence-corrected chi connectivity index (χ4v) is 1.48. The highest BCUT2D eigenvalue weighted by Gasteiger charge is 2.03. The zero-order chi connectivity index (χ0) is 9.97. The van der Waals surface area contributed by atoms with Crippen LogP contribution in [-0.4, -0.2) is 11.7 Å². The molecule has 0 saturated heterocycles. The Morgan fingerprint density at radius 1 is 1.14 bits per heavy atom. The van der Waals surface area contributed by atoms with Crippen molar-refractivity contribution in [2.45, 2.75) is 6.92 Å². The zero-order valence-electron chi connectivity index (χ0n) is 8.03. The Morgan fingerprint density at radius 2 is 1.79 bits per heavy atom. The summed E-state index contributed by atoms with van der Waals surface area (Å²) in [4.78, 5) is 0. The van der Waals surface area contributed by atoms with Crippen molar-refractivity contribution in [3.63, 3.8) is 0 Å². The summed E-state index contributed by atoms with van der Waals surface area (Å²) in [5.41, 5.74) is 0. The lowest BCUT2D eigenvalue weighted by atomic mass is 10.1. The second-order valence-electron chi connectivity index (χ2n) is 3.10. The average molecular weight is 188 g/mol. The minimum Gasteiger partial charge on any atom is -0.504 e. The second kappa shape index (κ2) is 3.58. The Labute approximate surface area is 82.8 Å². The van der Waals surface area contributed by atoms with Gasteiger partial charge in [0.05, 0.1) is 6.61 Å². The first-order chi connectivity index (χ1) is 6.81. The van der Waals surface area contributed by atoms with Gasteiger partial charge >= 0.3 is 0 Å². The normalized spacial score (nSPS) is 10.4. The summed E-state index contributed by atoms with van der Waals surface area (Å²) in [6, 6.07) is 11.5. The monoisotopic (exact) mass is 188 g/mol. The summed E-state index contributed by atoms with van der Waals surface area (Å²) >= 11 is 0. The lowest BCUT2D eigenvalue weighted by Crippen LogP contribution is -1.91. The highest BCUT2D eigenvalue weighted by Crippen LogP contribution is 2.31. The van der Waals surface area contributed by atoms with Crippen molar-refractivity contribution in [2.24, 2.45) is 0 Å². The minimum atomic E-state index is 0.200. The van der Waals surface area contributed by atoms with Crippen LogP contribution in [0.15, 0.2) is 36.4 Å². The Hall–Kier alpha value is -1.70. The van der Waals surface area contributed by atoms with Crippen LogP contribution in [0.5, 0.6) is 11.5 Å². The van der Waals surface area contributed by atoms with Gasteiger partial charge in [-0.1, -0.05) is 24.3 Å². The molecule has 2 aromatic carbocycles. The lowest BCUT2D eigenvalue weighted by Gasteiger charge is -2.07. The zero-order valence-corrected chi connectivity index (χ0v) is 8.03. The van der Waals surface area contributed by atoms with E-state index in [2.05, 4.69) is 0 Å². The van der Waals surface area contributed by atoms with Crippen LogP contribution in [-0.2, 0) is 0 Å². The first-order valence-electron chi connectivity index (χ1n) is 4.66. The smallest absolute Gasteiger partial charge is 0.161 e. The molecule has 2 aromatic rings. The second-order valence-corrected chi connectivity index (χ2v) is 3.10. The van der Waals surface area contributed by atoms with Gasteiger partial charge in [-0.2, -0.15) is 0 Å². The molecule has 2 nitrogen and oxygen atoms in total. The third-order valence-corrected chi connectivity index (χ3v) is 2.13. The molecule has 0 heterocycles. The molecule has 14 heavy (non-hydrogen) atoms. The first-order valence-corrected chi connectivity index (χ1v) is 4.66. The molecule has 0 aromatic heterocycles. The van der Waals surface area contributed by atoms with Gasteiger partial charge in [-0.05, 0) is 29.8 Å². The van der Waals surface area contributed by atoms with E-state index in [4.69, 9.17) is 4.74 Å². The number of fused-ring (bicyclic) bond motifs is 1. The van der Waals surface area contributed by atoms with E-state index in [9.17, 15) is 5.11 Å². The standard InChI is InChI=1S/C12H12O2/c1-2-14-12-8-10-6-4-3-5-9(10)7-11(12)13/h3-8,13H,2H2,1H3. The van der Waals surface area contributed by atoms with Crippen LogP contribution in [0.3, 0.4) is 0 Å². The molecule has 0 aliphatic rings. The Bertz CT molecular complexity index is 449. The van der Waals surface area contributed by atoms with Crippen molar-refractivity contribution >= 4 is 10.8 Å². The van der Waals surface area contributed by atoms with E-state index >= 15 is 0 Å². The van der Waals surface area contributed by atoms with Gasteiger partial charge in [0, 0.05) is 0 Å². The number of benzene rings is 2. The highest BCUT2D eigenvalue weighted by atomic mass is 16.5. The number of aromatic hydroxyl groups is 1. The third-order valence-electron chi connectivity index (χ3n) is 2.13. The molecule has 0 fully saturated rings. The number of phenols is 1. The maximum atomic E-state index is 9.61. The number of rotatable bonds is 2. The van der Waals surface area contributed by atoms with E-state index in [1.54, 1.807) is 6.07 Å². The van der Waals surface area contributed by atoms with Gasteiger partial charge in [0.1, 0.15) is 0 Å². The van der Waals surface area contributed by atoms with E-state index in [1.165, 1.54) is 0 Å². The van der Waals surface area contributed by atoms with Crippen LogP contribution < -0.4 is 4.74 Å². The number of ether oxygens (including phenoxy) is 1. The average Bonchev–Trinajstić information content (AvgIpc) is 2.19. The van der Waals surface area contributed by atoms with Gasteiger partial charge in [0.2, 0.25) is 0 Å². The van der Waals surface area contributed by atoms with Crippen molar-refractivity contribution in [1.29, 1.82) is 0 Å². The largest absolute Gasteiger partial charge is 0.504 e. The number of hydrogen-bond acceptors (Lipinski definition) is 2. The van der Waals surface area contributed by atoms with Crippen LogP contribution in [0.4, 0.5) is 0 Å². The van der Waals surface area contributed by atoms with E-state index in [1.807, 2.05) is 37.3 Å². The molecule has 0 aliphatic heterocycles. The predicted octanol–water partition coefficient (Wildman–Crippen LogP) is 2.94. The fourth-order valence-electron chi connectivity index (χ4n) is 1.48. The molecule has 0 amide bonds. The third kappa shape index (κ3) is 1.51. The maximum Gasteiger partial charge on any atom is 0.161 e. The molecule has 0 bridgehead atoms. The summed E-state index contributed by atoms with van der Waals surface area (Å²) < 4.78 is 5.29. The van der Waals surface area contributed by atoms with Crippen molar-refractivity contribution < 1.29 is 9.84 Å². The van der Waals surface area contributed by atoms with Gasteiger partial charge in [-0.3, -0.25) is 0 Å². The van der Waals surface area contributed by atoms with Crippen molar-refractivity contribution in [1.82, 2.24) is 0 Å². The molecule has 2 heteroatoms. The minimum absolute atomic E-state index is 0.200. The molecular weight excluding hydrogens is 176 g/mol. The Balaban J connectivity index is 2.59. The summed E-state index contributed by atoms with van der Waals surface area (Å²) in [6.07, 6.45) is 0. The Kier molecular flexibility index (Phi) is 2.27. The van der Waals surface area contributed by atoms with Crippen LogP contribution >= 0.6 is 0 Å². The molecule has 1 N–H and O–H groups in total. The maximum absolute atomic E-state index is 9.61. The predicted molar refractivity (Wildman–Crippen MR) is 56.8 cm³/mol. The summed E-state index contributed by atoms with van der Waals surface area (Å²) in [5, 5.41) is 11.7. The molecule has 0 aliphatic carbocycles. The molecule has 0 unspecified atom stereocenters. The summed E-state index contributed by atoms with van der Waals surface area (Å²) in [6.45, 7) is 2.46. The van der Waals surface area contributed by atoms with Gasteiger partial charge in [0.15, 0.2) is 11.5 Å². The van der Waals surface area contributed by atoms with Crippen molar-refractivity contribution in [2.75, 3.05) is 6.61 Å². The first kappa shape index (κ1) is 8.88. The van der Waals surface area contributed by atoms with Gasteiger partial charge in [-0.25, -0.2) is 0 Å². The van der Waals surface area contributed by atoms with Crippen LogP contribution in [0.1, 0.15) is 6.92 Å². The van der Waals surface area contributed by atoms with E-state index in [-0.39, 0.29) is 5.75 Å². The van der Waals surface area contributed by atoms with E-state index in [0.717, 1.165) is 10.8 Å². The molecule has 0 spiro atoms. The molecule has 2 rings (SSSR count). The topological polar surface area (TPSA) is 29.5 Å². The molecule has 0 radical (unpaired) electrons. The van der Waals surface area contributed by atoms with Gasteiger partial charge in [-0.15, -0.1) is 0 Å². The molecule has 72 valence electrons. The van der Waals surface area contributed by atoms with Crippen LogP contribution in [0.2, 0.25) is 0 Å². The van der Waals surface area contributed by atoms with E-state index in [0.29, 0.717) is 12.4 Å². The van der Waals surface area contributed by atoms with Gasteiger partial charge in [0.25, 0.3) is 0 Å². The van der Waals surface area contributed by atoms with Gasteiger partial charge < -0.3 is 9.84 Å². The van der Waals surface area contributed by atoms with Crippen molar-refractivity contribution in [3.8, 4) is 11.5 Å². The number of phenolic OH excluding ortho intramolecular Hbond substituents is 1. The van der Waals surface area contributed by atoms with Crippen molar-refractivity contribution in [3.05, 3.63) is 36.4 Å². The molecule has 0 atom stereocenters. The fraction of sp³-hybridized carbons (Fsp3) is 0.167.